The fraction of sp³-hybridized carbons (Fsp3) is 0.444. The van der Waals surface area contributed by atoms with Crippen molar-refractivity contribution in [2.24, 2.45) is 10.7 Å². The molecule has 0 aliphatic heterocycles. The van der Waals surface area contributed by atoms with E-state index in [9.17, 15) is 0 Å². The average Bonchev–Trinajstić information content (AvgIpc) is 3.07. The third-order valence-corrected chi connectivity index (χ3v) is 3.72. The number of nitrogens with two attached hydrogens (primary N) is 1. The molecule has 0 unspecified atom stereocenters. The highest BCUT2D eigenvalue weighted by molar-refractivity contribution is 5.77. The van der Waals surface area contributed by atoms with Crippen molar-refractivity contribution in [2.45, 2.75) is 45.7 Å². The molecule has 2 aromatic rings. The molecule has 0 aliphatic carbocycles. The lowest BCUT2D eigenvalue weighted by molar-refractivity contribution is 0.652. The molecule has 0 fully saturated rings. The Morgan fingerprint density at radius 1 is 1.17 bits per heavy atom. The number of nitrogens with zero attached hydrogens (tertiary/aromatic N) is 3. The second-order valence-corrected chi connectivity index (χ2v) is 5.74. The molecule has 0 spiro atoms. The van der Waals surface area contributed by atoms with Crippen molar-refractivity contribution in [1.82, 2.24) is 14.9 Å². The van der Waals surface area contributed by atoms with E-state index >= 15 is 0 Å². The van der Waals surface area contributed by atoms with Crippen molar-refractivity contribution in [3.8, 4) is 0 Å². The van der Waals surface area contributed by atoms with E-state index in [1.165, 1.54) is 24.8 Å². The number of nitrogens with one attached hydrogen (secondary N) is 1. The Morgan fingerprint density at radius 3 is 2.65 bits per heavy atom. The maximum absolute atomic E-state index is 5.89. The minimum Gasteiger partial charge on any atom is -0.370 e. The summed E-state index contributed by atoms with van der Waals surface area (Å²) in [7, 11) is 0. The van der Waals surface area contributed by atoms with Gasteiger partial charge in [-0.15, -0.1) is 0 Å². The van der Waals surface area contributed by atoms with Crippen molar-refractivity contribution < 1.29 is 0 Å². The predicted octanol–water partition coefficient (Wildman–Crippen LogP) is 2.92. The van der Waals surface area contributed by atoms with E-state index in [1.54, 1.807) is 6.20 Å². The SMILES string of the molecule is CCCCCCNC(N)=NCc1ccc(Cn2ccnc2)cc1. The average molecular weight is 313 g/mol. The van der Waals surface area contributed by atoms with Gasteiger partial charge in [0.25, 0.3) is 0 Å². The maximum atomic E-state index is 5.89. The van der Waals surface area contributed by atoms with Crippen LogP contribution in [0, 0.1) is 0 Å². The van der Waals surface area contributed by atoms with Crippen molar-refractivity contribution in [3.63, 3.8) is 0 Å². The molecule has 1 aromatic heterocycles. The van der Waals surface area contributed by atoms with Crippen LogP contribution in [0.5, 0.6) is 0 Å². The molecule has 1 aromatic carbocycles. The normalized spacial score (nSPS) is 11.6. The first-order valence-electron chi connectivity index (χ1n) is 8.35. The maximum Gasteiger partial charge on any atom is 0.188 e. The predicted molar refractivity (Wildman–Crippen MR) is 95.2 cm³/mol. The number of imidazole rings is 1. The quantitative estimate of drug-likeness (QED) is 0.425. The van der Waals surface area contributed by atoms with Crippen LogP contribution in [0.15, 0.2) is 48.0 Å². The van der Waals surface area contributed by atoms with Gasteiger partial charge in [0.05, 0.1) is 12.9 Å². The summed E-state index contributed by atoms with van der Waals surface area (Å²) in [6.45, 7) is 4.56. The van der Waals surface area contributed by atoms with Crippen LogP contribution in [0.25, 0.3) is 0 Å². The zero-order valence-electron chi connectivity index (χ0n) is 13.9. The topological polar surface area (TPSA) is 68.2 Å². The van der Waals surface area contributed by atoms with E-state index in [-0.39, 0.29) is 0 Å². The van der Waals surface area contributed by atoms with Gasteiger partial charge in [-0.1, -0.05) is 50.5 Å². The van der Waals surface area contributed by atoms with E-state index < -0.39 is 0 Å². The number of hydrogen-bond acceptors (Lipinski definition) is 2. The zero-order chi connectivity index (χ0) is 16.3. The van der Waals surface area contributed by atoms with Crippen LogP contribution in [-0.2, 0) is 13.1 Å². The van der Waals surface area contributed by atoms with E-state index in [0.717, 1.165) is 25.1 Å². The summed E-state index contributed by atoms with van der Waals surface area (Å²) < 4.78 is 2.05. The Balaban J connectivity index is 1.73. The molecular weight excluding hydrogens is 286 g/mol. The van der Waals surface area contributed by atoms with Crippen molar-refractivity contribution >= 4 is 5.96 Å². The molecule has 5 heteroatoms. The van der Waals surface area contributed by atoms with Crippen LogP contribution >= 0.6 is 0 Å². The van der Waals surface area contributed by atoms with E-state index in [2.05, 4.69) is 46.5 Å². The van der Waals surface area contributed by atoms with Crippen LogP contribution < -0.4 is 11.1 Å². The molecule has 0 atom stereocenters. The van der Waals surface area contributed by atoms with Crippen molar-refractivity contribution in [2.75, 3.05) is 6.54 Å². The Bertz CT molecular complexity index is 572. The van der Waals surface area contributed by atoms with E-state index in [0.29, 0.717) is 12.5 Å². The van der Waals surface area contributed by atoms with Gasteiger partial charge in [-0.05, 0) is 17.5 Å². The molecule has 0 saturated carbocycles. The molecule has 124 valence electrons. The molecule has 0 radical (unpaired) electrons. The molecule has 3 N–H and O–H groups in total. The lowest BCUT2D eigenvalue weighted by Gasteiger charge is -2.06. The van der Waals surface area contributed by atoms with Gasteiger partial charge in [0.1, 0.15) is 0 Å². The first kappa shape index (κ1) is 17.1. The number of aliphatic imine (C=N–C) groups is 1. The van der Waals surface area contributed by atoms with Crippen LogP contribution in [0.3, 0.4) is 0 Å². The van der Waals surface area contributed by atoms with Gasteiger partial charge >= 0.3 is 0 Å². The summed E-state index contributed by atoms with van der Waals surface area (Å²) >= 11 is 0. The number of unbranched alkanes of at least 4 members (excludes halogenated alkanes) is 3. The summed E-state index contributed by atoms with van der Waals surface area (Å²) in [5.41, 5.74) is 8.30. The standard InChI is InChI=1S/C18H27N5/c1-2-3-4-5-10-21-18(19)22-13-16-6-8-17(9-7-16)14-23-12-11-20-15-23/h6-9,11-12,15H,2-5,10,13-14H2,1H3,(H3,19,21,22). The second-order valence-electron chi connectivity index (χ2n) is 5.74. The Hall–Kier alpha value is -2.30. The number of aromatic nitrogens is 2. The summed E-state index contributed by atoms with van der Waals surface area (Å²) in [5, 5.41) is 3.17. The lowest BCUT2D eigenvalue weighted by atomic mass is 10.1. The highest BCUT2D eigenvalue weighted by atomic mass is 15.1. The van der Waals surface area contributed by atoms with Crippen LogP contribution in [0.1, 0.15) is 43.7 Å². The highest BCUT2D eigenvalue weighted by Crippen LogP contribution is 2.07. The monoisotopic (exact) mass is 313 g/mol. The molecular formula is C18H27N5. The van der Waals surface area contributed by atoms with Gasteiger partial charge in [0.2, 0.25) is 0 Å². The first-order valence-corrected chi connectivity index (χ1v) is 8.35. The van der Waals surface area contributed by atoms with Gasteiger partial charge in [0, 0.05) is 25.5 Å². The lowest BCUT2D eigenvalue weighted by Crippen LogP contribution is -2.32. The van der Waals surface area contributed by atoms with Crippen LogP contribution in [0.4, 0.5) is 0 Å². The van der Waals surface area contributed by atoms with Crippen molar-refractivity contribution in [3.05, 3.63) is 54.1 Å². The molecule has 5 nitrogen and oxygen atoms in total. The Kier molecular flexibility index (Phi) is 7.17. The summed E-state index contributed by atoms with van der Waals surface area (Å²) in [6, 6.07) is 8.45. The summed E-state index contributed by atoms with van der Waals surface area (Å²) in [4.78, 5) is 8.44. The Morgan fingerprint density at radius 2 is 1.96 bits per heavy atom. The van der Waals surface area contributed by atoms with Crippen LogP contribution in [-0.4, -0.2) is 22.1 Å². The molecule has 0 amide bonds. The highest BCUT2D eigenvalue weighted by Gasteiger charge is 1.97. The minimum absolute atomic E-state index is 0.531. The van der Waals surface area contributed by atoms with Gasteiger partial charge in [-0.25, -0.2) is 9.98 Å². The fourth-order valence-electron chi connectivity index (χ4n) is 2.34. The van der Waals surface area contributed by atoms with E-state index in [1.807, 2.05) is 17.1 Å². The molecule has 1 heterocycles. The van der Waals surface area contributed by atoms with E-state index in [4.69, 9.17) is 5.73 Å². The minimum atomic E-state index is 0.531. The van der Waals surface area contributed by atoms with Crippen LogP contribution in [0.2, 0.25) is 0 Å². The number of hydrogen-bond donors (Lipinski definition) is 2. The van der Waals surface area contributed by atoms with Gasteiger partial charge in [-0.2, -0.15) is 0 Å². The van der Waals surface area contributed by atoms with Crippen molar-refractivity contribution in [1.29, 1.82) is 0 Å². The number of rotatable bonds is 9. The smallest absolute Gasteiger partial charge is 0.188 e. The fourth-order valence-corrected chi connectivity index (χ4v) is 2.34. The van der Waals surface area contributed by atoms with Gasteiger partial charge in [0.15, 0.2) is 5.96 Å². The molecule has 23 heavy (non-hydrogen) atoms. The largest absolute Gasteiger partial charge is 0.370 e. The number of guanidine groups is 1. The Labute approximate surface area is 138 Å². The van der Waals surface area contributed by atoms with Gasteiger partial charge in [-0.3, -0.25) is 0 Å². The summed E-state index contributed by atoms with van der Waals surface area (Å²) in [6.07, 6.45) is 10.5. The van der Waals surface area contributed by atoms with Gasteiger partial charge < -0.3 is 15.6 Å². The molecule has 0 bridgehead atoms. The zero-order valence-corrected chi connectivity index (χ0v) is 13.9. The molecule has 0 saturated heterocycles. The summed E-state index contributed by atoms with van der Waals surface area (Å²) in [5.74, 6) is 0.531. The first-order chi connectivity index (χ1) is 11.3. The number of benzene rings is 1. The third kappa shape index (κ3) is 6.55. The molecule has 0 aliphatic rings. The molecule has 2 rings (SSSR count). The third-order valence-electron chi connectivity index (χ3n) is 3.72. The second kappa shape index (κ2) is 9.66.